The zero-order chi connectivity index (χ0) is 14.5. The number of hydrogen-bond acceptors (Lipinski definition) is 3. The second-order valence-corrected chi connectivity index (χ2v) is 4.89. The fraction of sp³-hybridized carbons (Fsp3) is 0.143. The Kier molecular flexibility index (Phi) is 4.57. The van der Waals surface area contributed by atoms with Crippen molar-refractivity contribution in [2.24, 2.45) is 0 Å². The van der Waals surface area contributed by atoms with Gasteiger partial charge in [-0.15, -0.1) is 0 Å². The van der Waals surface area contributed by atoms with Gasteiger partial charge in [0.2, 0.25) is 0 Å². The number of benzene rings is 1. The van der Waals surface area contributed by atoms with Gasteiger partial charge in [-0.1, -0.05) is 6.07 Å². The lowest BCUT2D eigenvalue weighted by Crippen LogP contribution is -2.20. The lowest BCUT2D eigenvalue weighted by molar-refractivity contribution is 0.262. The number of nitrogens with one attached hydrogen (secondary N) is 2. The number of halogens is 1. The molecule has 0 saturated heterocycles. The van der Waals surface area contributed by atoms with E-state index in [4.69, 9.17) is 4.74 Å². The summed E-state index contributed by atoms with van der Waals surface area (Å²) < 4.78 is 5.83. The number of methoxy groups -OCH3 is 1. The molecule has 0 fully saturated rings. The SMILES string of the molecule is COc1cccc(NC(=O)Nc2ccc(Br)nc2C)c1. The Morgan fingerprint density at radius 1 is 1.25 bits per heavy atom. The lowest BCUT2D eigenvalue weighted by atomic mass is 10.3. The Hall–Kier alpha value is -2.08. The Morgan fingerprint density at radius 2 is 2.05 bits per heavy atom. The van der Waals surface area contributed by atoms with E-state index < -0.39 is 0 Å². The Bertz CT molecular complexity index is 632. The molecule has 0 bridgehead atoms. The Balaban J connectivity index is 2.05. The highest BCUT2D eigenvalue weighted by atomic mass is 79.9. The van der Waals surface area contributed by atoms with Gasteiger partial charge in [0, 0.05) is 11.8 Å². The Morgan fingerprint density at radius 3 is 2.75 bits per heavy atom. The van der Waals surface area contributed by atoms with Gasteiger partial charge in [-0.2, -0.15) is 0 Å². The maximum absolute atomic E-state index is 11.9. The van der Waals surface area contributed by atoms with Crippen molar-refractivity contribution < 1.29 is 9.53 Å². The maximum Gasteiger partial charge on any atom is 0.323 e. The summed E-state index contributed by atoms with van der Waals surface area (Å²) in [6.07, 6.45) is 0. The van der Waals surface area contributed by atoms with Crippen molar-refractivity contribution in [2.75, 3.05) is 17.7 Å². The maximum atomic E-state index is 11.9. The van der Waals surface area contributed by atoms with Crippen LogP contribution in [0.4, 0.5) is 16.2 Å². The first-order valence-electron chi connectivity index (χ1n) is 5.93. The number of carbonyl (C=O) groups excluding carboxylic acids is 1. The highest BCUT2D eigenvalue weighted by molar-refractivity contribution is 9.10. The van der Waals surface area contributed by atoms with Crippen LogP contribution in [-0.2, 0) is 0 Å². The molecule has 2 amide bonds. The van der Waals surface area contributed by atoms with Gasteiger partial charge in [0.05, 0.1) is 18.5 Å². The van der Waals surface area contributed by atoms with Crippen LogP contribution in [0.25, 0.3) is 0 Å². The quantitative estimate of drug-likeness (QED) is 0.838. The van der Waals surface area contributed by atoms with E-state index in [1.54, 1.807) is 37.4 Å². The van der Waals surface area contributed by atoms with Crippen LogP contribution in [0.15, 0.2) is 41.0 Å². The van der Waals surface area contributed by atoms with Gasteiger partial charge >= 0.3 is 6.03 Å². The number of hydrogen-bond donors (Lipinski definition) is 2. The average Bonchev–Trinajstić information content (AvgIpc) is 2.42. The van der Waals surface area contributed by atoms with E-state index in [9.17, 15) is 4.79 Å². The van der Waals surface area contributed by atoms with Crippen molar-refractivity contribution in [3.8, 4) is 5.75 Å². The first-order chi connectivity index (χ1) is 9.58. The summed E-state index contributed by atoms with van der Waals surface area (Å²) in [5, 5.41) is 5.49. The van der Waals surface area contributed by atoms with Crippen molar-refractivity contribution in [3.63, 3.8) is 0 Å². The largest absolute Gasteiger partial charge is 0.497 e. The van der Waals surface area contributed by atoms with Crippen LogP contribution < -0.4 is 15.4 Å². The summed E-state index contributed by atoms with van der Waals surface area (Å²) in [6.45, 7) is 1.83. The monoisotopic (exact) mass is 335 g/mol. The summed E-state index contributed by atoms with van der Waals surface area (Å²) in [6, 6.07) is 10.4. The molecular weight excluding hydrogens is 322 g/mol. The molecule has 2 rings (SSSR count). The van der Waals surface area contributed by atoms with Crippen molar-refractivity contribution in [1.29, 1.82) is 0 Å². The second-order valence-electron chi connectivity index (χ2n) is 4.08. The summed E-state index contributed by atoms with van der Waals surface area (Å²) in [7, 11) is 1.58. The van der Waals surface area contributed by atoms with Crippen LogP contribution in [0.5, 0.6) is 5.75 Å². The molecular formula is C14H14BrN3O2. The molecule has 1 aromatic carbocycles. The van der Waals surface area contributed by atoms with Gasteiger partial charge in [0.15, 0.2) is 0 Å². The van der Waals surface area contributed by atoms with Crippen LogP contribution in [0, 0.1) is 6.92 Å². The molecule has 0 saturated carbocycles. The van der Waals surface area contributed by atoms with E-state index >= 15 is 0 Å². The molecule has 0 aliphatic carbocycles. The van der Waals surface area contributed by atoms with E-state index in [-0.39, 0.29) is 6.03 Å². The summed E-state index contributed by atoms with van der Waals surface area (Å²) in [4.78, 5) is 16.1. The molecule has 0 radical (unpaired) electrons. The fourth-order valence-electron chi connectivity index (χ4n) is 1.65. The molecule has 20 heavy (non-hydrogen) atoms. The zero-order valence-corrected chi connectivity index (χ0v) is 12.7. The average molecular weight is 336 g/mol. The van der Waals surface area contributed by atoms with Crippen LogP contribution in [-0.4, -0.2) is 18.1 Å². The minimum atomic E-state index is -0.328. The number of nitrogens with zero attached hydrogens (tertiary/aromatic N) is 1. The predicted molar refractivity (Wildman–Crippen MR) is 82.3 cm³/mol. The number of aromatic nitrogens is 1. The van der Waals surface area contributed by atoms with Gasteiger partial charge in [-0.05, 0) is 47.1 Å². The van der Waals surface area contributed by atoms with E-state index in [1.165, 1.54) is 0 Å². The number of anilines is 2. The molecule has 0 spiro atoms. The van der Waals surface area contributed by atoms with Crippen molar-refractivity contribution in [1.82, 2.24) is 4.98 Å². The van der Waals surface area contributed by atoms with Gasteiger partial charge < -0.3 is 15.4 Å². The number of carbonyl (C=O) groups is 1. The zero-order valence-electron chi connectivity index (χ0n) is 11.1. The number of rotatable bonds is 3. The molecule has 104 valence electrons. The molecule has 0 aliphatic heterocycles. The van der Waals surface area contributed by atoms with Gasteiger partial charge in [-0.3, -0.25) is 0 Å². The minimum absolute atomic E-state index is 0.328. The van der Waals surface area contributed by atoms with Crippen molar-refractivity contribution in [2.45, 2.75) is 6.92 Å². The smallest absolute Gasteiger partial charge is 0.323 e. The van der Waals surface area contributed by atoms with E-state index in [2.05, 4.69) is 31.5 Å². The summed E-state index contributed by atoms with van der Waals surface area (Å²) in [5.41, 5.74) is 2.05. The Labute approximate surface area is 125 Å². The van der Waals surface area contributed by atoms with Crippen LogP contribution in [0.2, 0.25) is 0 Å². The number of ether oxygens (including phenoxy) is 1. The van der Waals surface area contributed by atoms with Crippen molar-refractivity contribution in [3.05, 3.63) is 46.7 Å². The summed E-state index contributed by atoms with van der Waals surface area (Å²) >= 11 is 3.28. The number of pyridine rings is 1. The van der Waals surface area contributed by atoms with Gasteiger partial charge in [0.1, 0.15) is 10.4 Å². The molecule has 0 aliphatic rings. The van der Waals surface area contributed by atoms with Crippen LogP contribution in [0.3, 0.4) is 0 Å². The lowest BCUT2D eigenvalue weighted by Gasteiger charge is -2.10. The normalized spacial score (nSPS) is 9.95. The molecule has 1 aromatic heterocycles. The number of urea groups is 1. The molecule has 1 heterocycles. The molecule has 6 heteroatoms. The van der Waals surface area contributed by atoms with E-state index in [0.717, 1.165) is 10.3 Å². The third-order valence-corrected chi connectivity index (χ3v) is 3.07. The van der Waals surface area contributed by atoms with E-state index in [0.29, 0.717) is 17.1 Å². The standard InChI is InChI=1S/C14H14BrN3O2/c1-9-12(6-7-13(15)16-9)18-14(19)17-10-4-3-5-11(8-10)20-2/h3-8H,1-2H3,(H2,17,18,19). The van der Waals surface area contributed by atoms with Gasteiger partial charge in [-0.25, -0.2) is 9.78 Å². The highest BCUT2D eigenvalue weighted by Gasteiger charge is 2.06. The predicted octanol–water partition coefficient (Wildman–Crippen LogP) is 3.81. The topological polar surface area (TPSA) is 63.2 Å². The molecule has 5 nitrogen and oxygen atoms in total. The van der Waals surface area contributed by atoms with E-state index in [1.807, 2.05) is 13.0 Å². The molecule has 2 N–H and O–H groups in total. The minimum Gasteiger partial charge on any atom is -0.497 e. The highest BCUT2D eigenvalue weighted by Crippen LogP contribution is 2.18. The third-order valence-electron chi connectivity index (χ3n) is 2.63. The first-order valence-corrected chi connectivity index (χ1v) is 6.73. The van der Waals surface area contributed by atoms with Crippen LogP contribution >= 0.6 is 15.9 Å². The molecule has 2 aromatic rings. The number of aryl methyl sites for hydroxylation is 1. The second kappa shape index (κ2) is 6.38. The van der Waals surface area contributed by atoms with Gasteiger partial charge in [0.25, 0.3) is 0 Å². The van der Waals surface area contributed by atoms with Crippen molar-refractivity contribution >= 4 is 33.3 Å². The molecule has 0 atom stereocenters. The van der Waals surface area contributed by atoms with Crippen LogP contribution in [0.1, 0.15) is 5.69 Å². The fourth-order valence-corrected chi connectivity index (χ4v) is 2.05. The number of amides is 2. The molecule has 0 unspecified atom stereocenters. The third kappa shape index (κ3) is 3.71. The first kappa shape index (κ1) is 14.3. The summed E-state index contributed by atoms with van der Waals surface area (Å²) in [5.74, 6) is 0.685.